The van der Waals surface area contributed by atoms with Crippen LogP contribution in [0.5, 0.6) is 0 Å². The maximum absolute atomic E-state index is 5.80. The van der Waals surface area contributed by atoms with E-state index >= 15 is 0 Å². The molecule has 0 radical (unpaired) electrons. The van der Waals surface area contributed by atoms with Crippen molar-refractivity contribution in [1.29, 1.82) is 0 Å². The molecule has 0 aliphatic carbocycles. The third kappa shape index (κ3) is 2.79. The molecule has 108 valence electrons. The zero-order valence-electron chi connectivity index (χ0n) is 11.9. The first-order chi connectivity index (χ1) is 9.55. The lowest BCUT2D eigenvalue weighted by Crippen LogP contribution is -2.27. The van der Waals surface area contributed by atoms with Crippen LogP contribution >= 0.6 is 0 Å². The predicted molar refractivity (Wildman–Crippen MR) is 73.9 cm³/mol. The number of hydrogen-bond donors (Lipinski definition) is 0. The van der Waals surface area contributed by atoms with Crippen molar-refractivity contribution >= 4 is 0 Å². The molecule has 2 aliphatic heterocycles. The van der Waals surface area contributed by atoms with Gasteiger partial charge in [-0.2, -0.15) is 0 Å². The summed E-state index contributed by atoms with van der Waals surface area (Å²) in [5, 5.41) is 0. The number of hydrogen-bond acceptors (Lipinski definition) is 4. The van der Waals surface area contributed by atoms with Gasteiger partial charge in [0.25, 0.3) is 0 Å². The zero-order chi connectivity index (χ0) is 14.2. The molecule has 0 bridgehead atoms. The highest BCUT2D eigenvalue weighted by molar-refractivity contribution is 5.18. The highest BCUT2D eigenvalue weighted by Crippen LogP contribution is 2.39. The van der Waals surface area contributed by atoms with Crippen molar-refractivity contribution in [2.75, 3.05) is 6.61 Å². The van der Waals surface area contributed by atoms with Crippen molar-refractivity contribution in [3.8, 4) is 0 Å². The SMILES string of the molecule is C=C1[C@H]2OC(C)(C)O[C@H]2O[C@@H]1COCc1ccccc1. The normalized spacial score (nSPS) is 31.5. The quantitative estimate of drug-likeness (QED) is 0.792. The van der Waals surface area contributed by atoms with Crippen LogP contribution in [0.2, 0.25) is 0 Å². The standard InChI is InChI=1S/C16H20O4/c1-11-13(10-17-9-12-7-5-4-6-8-12)18-15-14(11)19-16(2,3)20-15/h4-8,13-15H,1,9-10H2,2-3H3/t13-,14-,15-/m1/s1. The van der Waals surface area contributed by atoms with E-state index in [1.807, 2.05) is 44.2 Å². The summed E-state index contributed by atoms with van der Waals surface area (Å²) in [4.78, 5) is 0. The van der Waals surface area contributed by atoms with Gasteiger partial charge in [0.1, 0.15) is 12.2 Å². The van der Waals surface area contributed by atoms with Crippen molar-refractivity contribution < 1.29 is 18.9 Å². The van der Waals surface area contributed by atoms with Gasteiger partial charge in [0.2, 0.25) is 0 Å². The fourth-order valence-electron chi connectivity index (χ4n) is 2.52. The van der Waals surface area contributed by atoms with Crippen LogP contribution in [0.3, 0.4) is 0 Å². The molecule has 4 heteroatoms. The van der Waals surface area contributed by atoms with Crippen molar-refractivity contribution in [3.63, 3.8) is 0 Å². The maximum Gasteiger partial charge on any atom is 0.191 e. The number of fused-ring (bicyclic) bond motifs is 1. The first-order valence-electron chi connectivity index (χ1n) is 6.87. The molecule has 0 aromatic heterocycles. The molecule has 2 fully saturated rings. The largest absolute Gasteiger partial charge is 0.374 e. The Morgan fingerprint density at radius 1 is 1.20 bits per heavy atom. The second kappa shape index (κ2) is 5.30. The second-order valence-corrected chi connectivity index (χ2v) is 5.62. The molecule has 3 rings (SSSR count). The Morgan fingerprint density at radius 2 is 1.95 bits per heavy atom. The summed E-state index contributed by atoms with van der Waals surface area (Å²) in [7, 11) is 0. The smallest absolute Gasteiger partial charge is 0.191 e. The van der Waals surface area contributed by atoms with Crippen LogP contribution < -0.4 is 0 Å². The Hall–Kier alpha value is -1.20. The molecule has 0 N–H and O–H groups in total. The van der Waals surface area contributed by atoms with E-state index in [0.29, 0.717) is 13.2 Å². The summed E-state index contributed by atoms with van der Waals surface area (Å²) in [6.45, 7) is 8.85. The van der Waals surface area contributed by atoms with Gasteiger partial charge in [-0.3, -0.25) is 0 Å². The average molecular weight is 276 g/mol. The molecule has 20 heavy (non-hydrogen) atoms. The van der Waals surface area contributed by atoms with Crippen LogP contribution in [-0.4, -0.2) is 30.9 Å². The topological polar surface area (TPSA) is 36.9 Å². The van der Waals surface area contributed by atoms with Gasteiger partial charge < -0.3 is 18.9 Å². The summed E-state index contributed by atoms with van der Waals surface area (Å²) >= 11 is 0. The van der Waals surface area contributed by atoms with E-state index in [2.05, 4.69) is 6.58 Å². The minimum Gasteiger partial charge on any atom is -0.374 e. The van der Waals surface area contributed by atoms with Crippen LogP contribution in [0.25, 0.3) is 0 Å². The molecule has 1 aromatic rings. The summed E-state index contributed by atoms with van der Waals surface area (Å²) in [6, 6.07) is 10.1. The highest BCUT2D eigenvalue weighted by Gasteiger charge is 2.50. The summed E-state index contributed by atoms with van der Waals surface area (Å²) < 4.78 is 22.9. The number of ether oxygens (including phenoxy) is 4. The lowest BCUT2D eigenvalue weighted by molar-refractivity contribution is -0.204. The molecule has 0 spiro atoms. The minimum atomic E-state index is -0.603. The van der Waals surface area contributed by atoms with Crippen molar-refractivity contribution in [2.24, 2.45) is 0 Å². The number of benzene rings is 1. The van der Waals surface area contributed by atoms with E-state index in [1.54, 1.807) is 0 Å². The molecule has 2 aliphatic rings. The summed E-state index contributed by atoms with van der Waals surface area (Å²) in [5.41, 5.74) is 2.04. The minimum absolute atomic E-state index is 0.162. The predicted octanol–water partition coefficient (Wildman–Crippen LogP) is 2.64. The Balaban J connectivity index is 1.50. The molecular formula is C16H20O4. The average Bonchev–Trinajstić information content (AvgIpc) is 2.86. The fraction of sp³-hybridized carbons (Fsp3) is 0.500. The number of rotatable bonds is 4. The van der Waals surface area contributed by atoms with Gasteiger partial charge >= 0.3 is 0 Å². The van der Waals surface area contributed by atoms with Gasteiger partial charge in [-0.05, 0) is 25.0 Å². The second-order valence-electron chi connectivity index (χ2n) is 5.62. The van der Waals surface area contributed by atoms with Crippen molar-refractivity contribution in [1.82, 2.24) is 0 Å². The van der Waals surface area contributed by atoms with E-state index in [4.69, 9.17) is 18.9 Å². The molecule has 4 nitrogen and oxygen atoms in total. The fourth-order valence-corrected chi connectivity index (χ4v) is 2.52. The van der Waals surface area contributed by atoms with Crippen molar-refractivity contribution in [2.45, 2.75) is 44.7 Å². The third-order valence-electron chi connectivity index (χ3n) is 3.52. The van der Waals surface area contributed by atoms with Crippen LogP contribution in [0, 0.1) is 0 Å². The maximum atomic E-state index is 5.80. The molecule has 2 heterocycles. The lowest BCUT2D eigenvalue weighted by Gasteiger charge is -2.21. The first-order valence-corrected chi connectivity index (χ1v) is 6.87. The van der Waals surface area contributed by atoms with Gasteiger partial charge in [0, 0.05) is 0 Å². The van der Waals surface area contributed by atoms with Crippen LogP contribution in [0.15, 0.2) is 42.5 Å². The van der Waals surface area contributed by atoms with E-state index < -0.39 is 5.79 Å². The van der Waals surface area contributed by atoms with Crippen LogP contribution in [0.1, 0.15) is 19.4 Å². The van der Waals surface area contributed by atoms with E-state index in [1.165, 1.54) is 0 Å². The Kier molecular flexibility index (Phi) is 3.65. The van der Waals surface area contributed by atoms with Crippen LogP contribution in [-0.2, 0) is 25.6 Å². The molecule has 0 unspecified atom stereocenters. The Morgan fingerprint density at radius 3 is 2.65 bits per heavy atom. The summed E-state index contributed by atoms with van der Waals surface area (Å²) in [5.74, 6) is -0.603. The Labute approximate surface area is 119 Å². The van der Waals surface area contributed by atoms with Gasteiger partial charge in [-0.15, -0.1) is 0 Å². The van der Waals surface area contributed by atoms with Gasteiger partial charge in [0.15, 0.2) is 12.1 Å². The first kappa shape index (κ1) is 13.8. The van der Waals surface area contributed by atoms with Crippen molar-refractivity contribution in [3.05, 3.63) is 48.0 Å². The van der Waals surface area contributed by atoms with E-state index in [-0.39, 0.29) is 18.5 Å². The van der Waals surface area contributed by atoms with Gasteiger partial charge in [-0.1, -0.05) is 36.9 Å². The monoisotopic (exact) mass is 276 g/mol. The zero-order valence-corrected chi connectivity index (χ0v) is 11.9. The van der Waals surface area contributed by atoms with E-state index in [0.717, 1.165) is 11.1 Å². The van der Waals surface area contributed by atoms with E-state index in [9.17, 15) is 0 Å². The van der Waals surface area contributed by atoms with Gasteiger partial charge in [0.05, 0.1) is 13.2 Å². The van der Waals surface area contributed by atoms with Crippen LogP contribution in [0.4, 0.5) is 0 Å². The Bertz CT molecular complexity index is 483. The lowest BCUT2D eigenvalue weighted by atomic mass is 10.1. The molecular weight excluding hydrogens is 256 g/mol. The summed E-state index contributed by atoms with van der Waals surface area (Å²) in [6.07, 6.45) is -0.706. The third-order valence-corrected chi connectivity index (χ3v) is 3.52. The molecule has 1 aromatic carbocycles. The molecule has 3 atom stereocenters. The molecule has 2 saturated heterocycles. The molecule has 0 amide bonds. The van der Waals surface area contributed by atoms with Gasteiger partial charge in [-0.25, -0.2) is 0 Å². The highest BCUT2D eigenvalue weighted by atomic mass is 16.8. The molecule has 0 saturated carbocycles.